The van der Waals surface area contributed by atoms with Gasteiger partial charge in [-0.25, -0.2) is 0 Å². The predicted molar refractivity (Wildman–Crippen MR) is 50.7 cm³/mol. The summed E-state index contributed by atoms with van der Waals surface area (Å²) in [5, 5.41) is 21.4. The predicted octanol–water partition coefficient (Wildman–Crippen LogP) is 0.209. The molecule has 1 aliphatic heterocycles. The quantitative estimate of drug-likeness (QED) is 0.628. The van der Waals surface area contributed by atoms with E-state index in [4.69, 9.17) is 5.11 Å². The highest BCUT2D eigenvalue weighted by Crippen LogP contribution is 2.37. The van der Waals surface area contributed by atoms with E-state index in [1.165, 1.54) is 0 Å². The number of amides is 1. The molecule has 0 radical (unpaired) electrons. The van der Waals surface area contributed by atoms with Crippen LogP contribution >= 0.6 is 0 Å². The van der Waals surface area contributed by atoms with Crippen LogP contribution in [0.1, 0.15) is 12.0 Å². The van der Waals surface area contributed by atoms with Crippen molar-refractivity contribution in [1.82, 2.24) is 0 Å². The van der Waals surface area contributed by atoms with Crippen molar-refractivity contribution in [3.8, 4) is 0 Å². The number of benzene rings is 1. The van der Waals surface area contributed by atoms with Gasteiger partial charge in [0, 0.05) is 24.3 Å². The van der Waals surface area contributed by atoms with Crippen LogP contribution in [0, 0.1) is 0 Å². The standard InChI is InChI=1S/C10H11NO3/c12-6-5-10(14)7-3-1-2-4-8(7)11-9(10)13/h1-4,12,14H,5-6H2,(H,11,13)/t10-/m0/s1. The van der Waals surface area contributed by atoms with Crippen LogP contribution in [0.3, 0.4) is 0 Å². The van der Waals surface area contributed by atoms with Crippen molar-refractivity contribution in [2.45, 2.75) is 12.0 Å². The van der Waals surface area contributed by atoms with Crippen LogP contribution < -0.4 is 5.32 Å². The summed E-state index contributed by atoms with van der Waals surface area (Å²) in [6.45, 7) is -0.224. The number of hydrogen-bond donors (Lipinski definition) is 3. The Bertz CT molecular complexity index is 377. The van der Waals surface area contributed by atoms with E-state index in [-0.39, 0.29) is 13.0 Å². The second-order valence-electron chi connectivity index (χ2n) is 3.33. The lowest BCUT2D eigenvalue weighted by Gasteiger charge is -2.18. The molecule has 1 aliphatic rings. The molecule has 1 aromatic rings. The molecule has 1 amide bonds. The van der Waals surface area contributed by atoms with Gasteiger partial charge in [-0.3, -0.25) is 4.79 Å². The molecule has 1 atom stereocenters. The monoisotopic (exact) mass is 193 g/mol. The summed E-state index contributed by atoms with van der Waals surface area (Å²) in [7, 11) is 0. The molecule has 4 heteroatoms. The van der Waals surface area contributed by atoms with E-state index in [1.54, 1.807) is 24.3 Å². The van der Waals surface area contributed by atoms with E-state index in [0.29, 0.717) is 11.3 Å². The first-order chi connectivity index (χ1) is 6.68. The minimum Gasteiger partial charge on any atom is -0.396 e. The maximum Gasteiger partial charge on any atom is 0.261 e. The highest BCUT2D eigenvalue weighted by atomic mass is 16.3. The van der Waals surface area contributed by atoms with Gasteiger partial charge in [-0.05, 0) is 6.07 Å². The zero-order chi connectivity index (χ0) is 10.2. The van der Waals surface area contributed by atoms with Gasteiger partial charge in [-0.15, -0.1) is 0 Å². The number of para-hydroxylation sites is 1. The molecule has 0 aromatic heterocycles. The van der Waals surface area contributed by atoms with Gasteiger partial charge in [0.05, 0.1) is 0 Å². The van der Waals surface area contributed by atoms with Crippen LogP contribution in [0.4, 0.5) is 5.69 Å². The van der Waals surface area contributed by atoms with Gasteiger partial charge >= 0.3 is 0 Å². The van der Waals surface area contributed by atoms with Crippen molar-refractivity contribution in [2.75, 3.05) is 11.9 Å². The van der Waals surface area contributed by atoms with Crippen molar-refractivity contribution in [1.29, 1.82) is 0 Å². The molecule has 0 aliphatic carbocycles. The fraction of sp³-hybridized carbons (Fsp3) is 0.300. The van der Waals surface area contributed by atoms with Crippen LogP contribution in [-0.4, -0.2) is 22.7 Å². The van der Waals surface area contributed by atoms with E-state index in [0.717, 1.165) is 0 Å². The third-order valence-electron chi connectivity index (χ3n) is 2.47. The van der Waals surface area contributed by atoms with E-state index < -0.39 is 11.5 Å². The van der Waals surface area contributed by atoms with Crippen LogP contribution in [0.5, 0.6) is 0 Å². The number of aliphatic hydroxyl groups excluding tert-OH is 1. The van der Waals surface area contributed by atoms with Crippen LogP contribution in [0.25, 0.3) is 0 Å². The van der Waals surface area contributed by atoms with Gasteiger partial charge < -0.3 is 15.5 Å². The van der Waals surface area contributed by atoms with Crippen LogP contribution in [0.2, 0.25) is 0 Å². The minimum absolute atomic E-state index is 0.0237. The summed E-state index contributed by atoms with van der Waals surface area (Å²) in [5.41, 5.74) is -0.404. The number of nitrogens with one attached hydrogen (secondary N) is 1. The summed E-state index contributed by atoms with van der Waals surface area (Å²) in [4.78, 5) is 11.5. The maximum atomic E-state index is 11.5. The lowest BCUT2D eigenvalue weighted by molar-refractivity contribution is -0.135. The van der Waals surface area contributed by atoms with Crippen molar-refractivity contribution >= 4 is 11.6 Å². The van der Waals surface area contributed by atoms with Crippen molar-refractivity contribution < 1.29 is 15.0 Å². The molecular weight excluding hydrogens is 182 g/mol. The van der Waals surface area contributed by atoms with Gasteiger partial charge in [0.25, 0.3) is 5.91 Å². The molecule has 0 unspecified atom stereocenters. The summed E-state index contributed by atoms with van der Waals surface area (Å²) < 4.78 is 0. The maximum absolute atomic E-state index is 11.5. The highest BCUT2D eigenvalue weighted by Gasteiger charge is 2.44. The molecule has 74 valence electrons. The van der Waals surface area contributed by atoms with Crippen molar-refractivity contribution in [3.63, 3.8) is 0 Å². The highest BCUT2D eigenvalue weighted by molar-refractivity contribution is 6.04. The zero-order valence-corrected chi connectivity index (χ0v) is 7.53. The Morgan fingerprint density at radius 1 is 1.36 bits per heavy atom. The first-order valence-corrected chi connectivity index (χ1v) is 4.42. The first kappa shape index (κ1) is 9.18. The third-order valence-corrected chi connectivity index (χ3v) is 2.47. The molecular formula is C10H11NO3. The molecule has 0 saturated heterocycles. The molecule has 3 N–H and O–H groups in total. The smallest absolute Gasteiger partial charge is 0.261 e. The zero-order valence-electron chi connectivity index (χ0n) is 7.53. The SMILES string of the molecule is O=C1Nc2ccccc2[C@@]1(O)CCO. The van der Waals surface area contributed by atoms with Crippen LogP contribution in [0.15, 0.2) is 24.3 Å². The Morgan fingerprint density at radius 2 is 2.07 bits per heavy atom. The normalized spacial score (nSPS) is 24.6. The van der Waals surface area contributed by atoms with E-state index in [2.05, 4.69) is 5.32 Å². The van der Waals surface area contributed by atoms with Gasteiger partial charge in [0.1, 0.15) is 0 Å². The topological polar surface area (TPSA) is 69.6 Å². The van der Waals surface area contributed by atoms with Crippen LogP contribution in [-0.2, 0) is 10.4 Å². The number of rotatable bonds is 2. The fourth-order valence-electron chi connectivity index (χ4n) is 1.71. The lowest BCUT2D eigenvalue weighted by Crippen LogP contribution is -2.35. The Labute approximate surface area is 81.2 Å². The molecule has 0 spiro atoms. The number of anilines is 1. The number of aliphatic hydroxyl groups is 2. The Kier molecular flexibility index (Phi) is 2.02. The van der Waals surface area contributed by atoms with E-state index >= 15 is 0 Å². The van der Waals surface area contributed by atoms with Gasteiger partial charge in [0.15, 0.2) is 5.60 Å². The first-order valence-electron chi connectivity index (χ1n) is 4.42. The average Bonchev–Trinajstić information content (AvgIpc) is 2.41. The second-order valence-corrected chi connectivity index (χ2v) is 3.33. The molecule has 14 heavy (non-hydrogen) atoms. The summed E-state index contributed by atoms with van der Waals surface area (Å²) >= 11 is 0. The molecule has 0 saturated carbocycles. The summed E-state index contributed by atoms with van der Waals surface area (Å²) in [5.74, 6) is -0.465. The van der Waals surface area contributed by atoms with Crippen molar-refractivity contribution in [3.05, 3.63) is 29.8 Å². The fourth-order valence-corrected chi connectivity index (χ4v) is 1.71. The molecule has 0 bridgehead atoms. The number of fused-ring (bicyclic) bond motifs is 1. The Hall–Kier alpha value is -1.39. The second kappa shape index (κ2) is 3.08. The number of carbonyl (C=O) groups excluding carboxylic acids is 1. The molecule has 2 rings (SSSR count). The minimum atomic E-state index is -1.56. The van der Waals surface area contributed by atoms with E-state index in [1.807, 2.05) is 0 Å². The Balaban J connectivity index is 2.48. The lowest BCUT2D eigenvalue weighted by atomic mass is 9.92. The third kappa shape index (κ3) is 1.12. The average molecular weight is 193 g/mol. The van der Waals surface area contributed by atoms with Gasteiger partial charge in [-0.1, -0.05) is 18.2 Å². The largest absolute Gasteiger partial charge is 0.396 e. The summed E-state index contributed by atoms with van der Waals surface area (Å²) in [6.07, 6.45) is 0.0237. The van der Waals surface area contributed by atoms with E-state index in [9.17, 15) is 9.90 Å². The number of hydrogen-bond acceptors (Lipinski definition) is 3. The molecule has 4 nitrogen and oxygen atoms in total. The molecule has 0 fully saturated rings. The van der Waals surface area contributed by atoms with Gasteiger partial charge in [-0.2, -0.15) is 0 Å². The molecule has 1 aromatic carbocycles. The Morgan fingerprint density at radius 3 is 2.79 bits per heavy atom. The summed E-state index contributed by atoms with van der Waals surface area (Å²) in [6, 6.07) is 6.94. The van der Waals surface area contributed by atoms with Gasteiger partial charge in [0.2, 0.25) is 0 Å². The van der Waals surface area contributed by atoms with Crippen molar-refractivity contribution in [2.24, 2.45) is 0 Å². The molecule has 1 heterocycles. The number of carbonyl (C=O) groups is 1.